The van der Waals surface area contributed by atoms with E-state index in [0.29, 0.717) is 11.3 Å². The van der Waals surface area contributed by atoms with Gasteiger partial charge in [0, 0.05) is 50.4 Å². The Morgan fingerprint density at radius 1 is 1.19 bits per heavy atom. The molecule has 0 atom stereocenters. The number of rotatable bonds is 5. The minimum atomic E-state index is 0.0468. The summed E-state index contributed by atoms with van der Waals surface area (Å²) in [4.78, 5) is 16.4. The van der Waals surface area contributed by atoms with Crippen LogP contribution in [0.2, 0.25) is 0 Å². The standard InChI is InChI=1S/C17H24N2O2/c1-13(20)15-4-5-17(21)16(10-15)12-19-8-6-18(7-9-19)11-14-2-3-14/h4-5,10,14,21H,2-3,6-9,11-12H2,1H3. The van der Waals surface area contributed by atoms with E-state index in [4.69, 9.17) is 0 Å². The summed E-state index contributed by atoms with van der Waals surface area (Å²) in [7, 11) is 0. The van der Waals surface area contributed by atoms with Gasteiger partial charge in [-0.1, -0.05) is 0 Å². The van der Waals surface area contributed by atoms with Gasteiger partial charge >= 0.3 is 0 Å². The summed E-state index contributed by atoms with van der Waals surface area (Å²) in [6, 6.07) is 5.15. The molecule has 0 aromatic heterocycles. The molecule has 2 aliphatic rings. The van der Waals surface area contributed by atoms with Crippen molar-refractivity contribution in [1.82, 2.24) is 9.80 Å². The molecular formula is C17H24N2O2. The van der Waals surface area contributed by atoms with Crippen LogP contribution >= 0.6 is 0 Å². The molecule has 1 saturated heterocycles. The number of hydrogen-bond acceptors (Lipinski definition) is 4. The highest BCUT2D eigenvalue weighted by Gasteiger charge is 2.26. The predicted molar refractivity (Wildman–Crippen MR) is 82.6 cm³/mol. The van der Waals surface area contributed by atoms with Gasteiger partial charge in [0.25, 0.3) is 0 Å². The van der Waals surface area contributed by atoms with Gasteiger partial charge in [0.2, 0.25) is 0 Å². The lowest BCUT2D eigenvalue weighted by Gasteiger charge is -2.34. The normalized spacial score (nSPS) is 20.6. The Morgan fingerprint density at radius 3 is 2.48 bits per heavy atom. The number of Topliss-reactive ketones (excluding diaryl/α,β-unsaturated/α-hetero) is 1. The van der Waals surface area contributed by atoms with E-state index in [1.165, 1.54) is 19.4 Å². The number of piperazine rings is 1. The quantitative estimate of drug-likeness (QED) is 0.843. The molecule has 2 fully saturated rings. The summed E-state index contributed by atoms with van der Waals surface area (Å²) < 4.78 is 0. The number of aromatic hydroxyl groups is 1. The Morgan fingerprint density at radius 2 is 1.86 bits per heavy atom. The lowest BCUT2D eigenvalue weighted by Crippen LogP contribution is -2.46. The fourth-order valence-electron chi connectivity index (χ4n) is 2.97. The van der Waals surface area contributed by atoms with E-state index < -0.39 is 0 Å². The summed E-state index contributed by atoms with van der Waals surface area (Å²) in [5, 5.41) is 9.98. The van der Waals surface area contributed by atoms with Crippen LogP contribution in [0.5, 0.6) is 5.75 Å². The zero-order chi connectivity index (χ0) is 14.8. The summed E-state index contributed by atoms with van der Waals surface area (Å²) in [6.45, 7) is 7.86. The van der Waals surface area contributed by atoms with Gasteiger partial charge in [0.05, 0.1) is 0 Å². The molecule has 0 radical (unpaired) electrons. The third kappa shape index (κ3) is 3.83. The Kier molecular flexibility index (Phi) is 4.27. The molecule has 1 aliphatic heterocycles. The van der Waals surface area contributed by atoms with E-state index in [1.54, 1.807) is 19.1 Å². The first-order valence-corrected chi connectivity index (χ1v) is 7.89. The summed E-state index contributed by atoms with van der Waals surface area (Å²) in [5.74, 6) is 1.29. The third-order valence-corrected chi connectivity index (χ3v) is 4.56. The lowest BCUT2D eigenvalue weighted by atomic mass is 10.1. The number of hydrogen-bond donors (Lipinski definition) is 1. The average Bonchev–Trinajstić information content (AvgIpc) is 3.27. The molecule has 1 aromatic rings. The van der Waals surface area contributed by atoms with Gasteiger partial charge in [0.1, 0.15) is 5.75 Å². The van der Waals surface area contributed by atoms with Gasteiger partial charge < -0.3 is 10.0 Å². The van der Waals surface area contributed by atoms with Gasteiger partial charge in [-0.25, -0.2) is 0 Å². The Labute approximate surface area is 126 Å². The molecule has 1 heterocycles. The van der Waals surface area contributed by atoms with Gasteiger partial charge in [-0.3, -0.25) is 9.69 Å². The van der Waals surface area contributed by atoms with Crippen molar-refractivity contribution in [2.75, 3.05) is 32.7 Å². The Hall–Kier alpha value is -1.39. The molecule has 1 aliphatic carbocycles. The largest absolute Gasteiger partial charge is 0.508 e. The Bertz CT molecular complexity index is 518. The molecule has 0 unspecified atom stereocenters. The van der Waals surface area contributed by atoms with Crippen molar-refractivity contribution in [1.29, 1.82) is 0 Å². The number of nitrogens with zero attached hydrogens (tertiary/aromatic N) is 2. The fraction of sp³-hybridized carbons (Fsp3) is 0.588. The molecule has 0 amide bonds. The molecule has 1 saturated carbocycles. The molecule has 0 spiro atoms. The van der Waals surface area contributed by atoms with Crippen LogP contribution in [0, 0.1) is 5.92 Å². The zero-order valence-corrected chi connectivity index (χ0v) is 12.7. The SMILES string of the molecule is CC(=O)c1ccc(O)c(CN2CCN(CC3CC3)CC2)c1. The number of benzene rings is 1. The zero-order valence-electron chi connectivity index (χ0n) is 12.7. The molecular weight excluding hydrogens is 264 g/mol. The van der Waals surface area contributed by atoms with Gasteiger partial charge in [-0.15, -0.1) is 0 Å². The lowest BCUT2D eigenvalue weighted by molar-refractivity contribution is 0.101. The minimum absolute atomic E-state index is 0.0468. The second-order valence-corrected chi connectivity index (χ2v) is 6.42. The maximum absolute atomic E-state index is 11.5. The van der Waals surface area contributed by atoms with Gasteiger partial charge in [-0.05, 0) is 43.9 Å². The first-order valence-electron chi connectivity index (χ1n) is 7.89. The van der Waals surface area contributed by atoms with Crippen LogP contribution < -0.4 is 0 Å². The highest BCUT2D eigenvalue weighted by molar-refractivity contribution is 5.94. The summed E-state index contributed by atoms with van der Waals surface area (Å²) >= 11 is 0. The van der Waals surface area contributed by atoms with Crippen molar-refractivity contribution >= 4 is 5.78 Å². The van der Waals surface area contributed by atoms with Crippen LogP contribution in [-0.4, -0.2) is 53.4 Å². The van der Waals surface area contributed by atoms with Gasteiger partial charge in [0.15, 0.2) is 5.78 Å². The average molecular weight is 288 g/mol. The van der Waals surface area contributed by atoms with Crippen LogP contribution in [0.1, 0.15) is 35.7 Å². The molecule has 4 heteroatoms. The smallest absolute Gasteiger partial charge is 0.159 e. The number of carbonyl (C=O) groups excluding carboxylic acids is 1. The summed E-state index contributed by atoms with van der Waals surface area (Å²) in [6.07, 6.45) is 2.82. The maximum Gasteiger partial charge on any atom is 0.159 e. The Balaban J connectivity index is 1.56. The van der Waals surface area contributed by atoms with Crippen LogP contribution in [0.3, 0.4) is 0 Å². The third-order valence-electron chi connectivity index (χ3n) is 4.56. The molecule has 3 rings (SSSR count). The molecule has 114 valence electrons. The molecule has 21 heavy (non-hydrogen) atoms. The van der Waals surface area contributed by atoms with E-state index in [2.05, 4.69) is 9.80 Å². The van der Waals surface area contributed by atoms with Crippen molar-refractivity contribution in [3.05, 3.63) is 29.3 Å². The number of phenols is 1. The number of phenolic OH excluding ortho intramolecular Hbond substituents is 1. The molecule has 4 nitrogen and oxygen atoms in total. The van der Waals surface area contributed by atoms with Gasteiger partial charge in [-0.2, -0.15) is 0 Å². The minimum Gasteiger partial charge on any atom is -0.508 e. The van der Waals surface area contributed by atoms with E-state index in [-0.39, 0.29) is 5.78 Å². The van der Waals surface area contributed by atoms with Crippen molar-refractivity contribution < 1.29 is 9.90 Å². The first-order chi connectivity index (χ1) is 10.1. The second kappa shape index (κ2) is 6.16. The van der Waals surface area contributed by atoms with E-state index >= 15 is 0 Å². The van der Waals surface area contributed by atoms with Crippen molar-refractivity contribution in [3.63, 3.8) is 0 Å². The van der Waals surface area contributed by atoms with Crippen LogP contribution in [0.15, 0.2) is 18.2 Å². The highest BCUT2D eigenvalue weighted by Crippen LogP contribution is 2.30. The summed E-state index contributed by atoms with van der Waals surface area (Å²) in [5.41, 5.74) is 1.54. The van der Waals surface area contributed by atoms with Crippen LogP contribution in [0.25, 0.3) is 0 Å². The maximum atomic E-state index is 11.5. The molecule has 0 bridgehead atoms. The van der Waals surface area contributed by atoms with E-state index in [1.807, 2.05) is 6.07 Å². The first kappa shape index (κ1) is 14.5. The fourth-order valence-corrected chi connectivity index (χ4v) is 2.97. The topological polar surface area (TPSA) is 43.8 Å². The van der Waals surface area contributed by atoms with E-state index in [0.717, 1.165) is 44.2 Å². The van der Waals surface area contributed by atoms with Crippen molar-refractivity contribution in [3.8, 4) is 5.75 Å². The molecule has 1 N–H and O–H groups in total. The number of ketones is 1. The van der Waals surface area contributed by atoms with Crippen molar-refractivity contribution in [2.45, 2.75) is 26.3 Å². The van der Waals surface area contributed by atoms with Crippen LogP contribution in [0.4, 0.5) is 0 Å². The highest BCUT2D eigenvalue weighted by atomic mass is 16.3. The second-order valence-electron chi connectivity index (χ2n) is 6.42. The molecule has 1 aromatic carbocycles. The van der Waals surface area contributed by atoms with Crippen molar-refractivity contribution in [2.24, 2.45) is 5.92 Å². The van der Waals surface area contributed by atoms with Crippen LogP contribution in [-0.2, 0) is 6.54 Å². The number of carbonyl (C=O) groups is 1. The monoisotopic (exact) mass is 288 g/mol. The predicted octanol–water partition coefficient (Wildman–Crippen LogP) is 2.12. The van der Waals surface area contributed by atoms with E-state index in [9.17, 15) is 9.90 Å².